The molecule has 0 radical (unpaired) electrons. The van der Waals surface area contributed by atoms with Gasteiger partial charge in [0.1, 0.15) is 5.75 Å². The monoisotopic (exact) mass is 446 g/mol. The second kappa shape index (κ2) is 10.1. The van der Waals surface area contributed by atoms with Crippen LogP contribution in [0.4, 0.5) is 0 Å². The second-order valence-corrected chi connectivity index (χ2v) is 6.49. The minimum atomic E-state index is 0. The maximum absolute atomic E-state index is 5.45. The van der Waals surface area contributed by atoms with Crippen LogP contribution in [0.15, 0.2) is 23.2 Å². The van der Waals surface area contributed by atoms with Crippen molar-refractivity contribution < 1.29 is 4.74 Å². The smallest absolute Gasteiger partial charge is 0.191 e. The Kier molecular flexibility index (Phi) is 8.83. The molecule has 1 unspecified atom stereocenters. The lowest BCUT2D eigenvalue weighted by molar-refractivity contribution is 0.264. The first kappa shape index (κ1) is 21.0. The number of guanidine groups is 1. The molecule has 0 aliphatic heterocycles. The molecule has 136 valence electrons. The number of methoxy groups -OCH3 is 1. The predicted molar refractivity (Wildman–Crippen MR) is 112 cm³/mol. The molecule has 24 heavy (non-hydrogen) atoms. The quantitative estimate of drug-likeness (QED) is 0.384. The number of hydrogen-bond donors (Lipinski definition) is 2. The van der Waals surface area contributed by atoms with E-state index in [0.717, 1.165) is 29.7 Å². The highest BCUT2D eigenvalue weighted by Gasteiger charge is 2.32. The van der Waals surface area contributed by atoms with Crippen molar-refractivity contribution >= 4 is 29.9 Å². The van der Waals surface area contributed by atoms with Crippen molar-refractivity contribution in [1.82, 2.24) is 15.5 Å². The van der Waals surface area contributed by atoms with Gasteiger partial charge in [-0.1, -0.05) is 12.1 Å². The van der Waals surface area contributed by atoms with E-state index in [9.17, 15) is 0 Å². The number of nitrogens with one attached hydrogen (secondary N) is 2. The van der Waals surface area contributed by atoms with E-state index in [2.05, 4.69) is 59.7 Å². The third-order valence-electron chi connectivity index (χ3n) is 4.42. The summed E-state index contributed by atoms with van der Waals surface area (Å²) in [6.07, 6.45) is 2.69. The lowest BCUT2D eigenvalue weighted by Gasteiger charge is -2.25. The summed E-state index contributed by atoms with van der Waals surface area (Å²) in [4.78, 5) is 6.63. The molecule has 0 spiro atoms. The summed E-state index contributed by atoms with van der Waals surface area (Å²) < 4.78 is 5.45. The van der Waals surface area contributed by atoms with Crippen LogP contribution in [0.2, 0.25) is 0 Å². The zero-order valence-electron chi connectivity index (χ0n) is 15.4. The summed E-state index contributed by atoms with van der Waals surface area (Å²) in [5.41, 5.74) is 2.33. The van der Waals surface area contributed by atoms with Gasteiger partial charge in [-0.25, -0.2) is 0 Å². The van der Waals surface area contributed by atoms with Crippen molar-refractivity contribution in [1.29, 1.82) is 0 Å². The van der Waals surface area contributed by atoms with Crippen molar-refractivity contribution in [3.8, 4) is 5.75 Å². The van der Waals surface area contributed by atoms with Gasteiger partial charge in [0.05, 0.1) is 7.11 Å². The number of rotatable bonds is 7. The summed E-state index contributed by atoms with van der Waals surface area (Å²) in [5, 5.41) is 6.82. The second-order valence-electron chi connectivity index (χ2n) is 6.49. The number of ether oxygens (including phenoxy) is 1. The summed E-state index contributed by atoms with van der Waals surface area (Å²) in [7, 11) is 7.82. The summed E-state index contributed by atoms with van der Waals surface area (Å²) in [6.45, 7) is 3.68. The Morgan fingerprint density at radius 1 is 1.33 bits per heavy atom. The molecule has 0 heterocycles. The van der Waals surface area contributed by atoms with Gasteiger partial charge in [0.25, 0.3) is 0 Å². The van der Waals surface area contributed by atoms with E-state index in [0.29, 0.717) is 12.6 Å². The third kappa shape index (κ3) is 6.12. The summed E-state index contributed by atoms with van der Waals surface area (Å²) in [6, 6.07) is 6.83. The molecule has 1 aliphatic carbocycles. The first-order valence-corrected chi connectivity index (χ1v) is 8.29. The standard InChI is InChI=1S/C18H30N4O.HI/c1-13-6-7-15(17(10-13)23-5)11-20-18(19-2)21-12-16(22(3)4)14-8-9-14;/h6-7,10,14,16H,8-9,11-12H2,1-5H3,(H2,19,20,21);1H. The Bertz CT molecular complexity index is 542. The first-order valence-electron chi connectivity index (χ1n) is 8.29. The molecule has 1 fully saturated rings. The topological polar surface area (TPSA) is 48.9 Å². The van der Waals surface area contributed by atoms with Gasteiger partial charge in [-0.2, -0.15) is 0 Å². The van der Waals surface area contributed by atoms with E-state index in [-0.39, 0.29) is 24.0 Å². The maximum Gasteiger partial charge on any atom is 0.191 e. The normalized spacial score (nSPS) is 15.7. The van der Waals surface area contributed by atoms with Gasteiger partial charge in [-0.15, -0.1) is 24.0 Å². The molecule has 1 atom stereocenters. The fourth-order valence-corrected chi connectivity index (χ4v) is 2.85. The molecule has 2 N–H and O–H groups in total. The van der Waals surface area contributed by atoms with Gasteiger partial charge >= 0.3 is 0 Å². The lowest BCUT2D eigenvalue weighted by Crippen LogP contribution is -2.45. The van der Waals surface area contributed by atoms with Gasteiger partial charge in [0.2, 0.25) is 0 Å². The highest BCUT2D eigenvalue weighted by atomic mass is 127. The molecule has 1 saturated carbocycles. The van der Waals surface area contributed by atoms with E-state index in [1.54, 1.807) is 7.11 Å². The van der Waals surface area contributed by atoms with Crippen molar-refractivity contribution in [2.75, 3.05) is 34.8 Å². The number of benzene rings is 1. The van der Waals surface area contributed by atoms with Crippen LogP contribution >= 0.6 is 24.0 Å². The fraction of sp³-hybridized carbons (Fsp3) is 0.611. The summed E-state index contributed by atoms with van der Waals surface area (Å²) in [5.74, 6) is 2.57. The molecule has 0 aromatic heterocycles. The average Bonchev–Trinajstić information content (AvgIpc) is 3.35. The van der Waals surface area contributed by atoms with E-state index < -0.39 is 0 Å². The maximum atomic E-state index is 5.45. The van der Waals surface area contributed by atoms with Crippen molar-refractivity contribution in [3.05, 3.63) is 29.3 Å². The minimum absolute atomic E-state index is 0. The Labute approximate surface area is 163 Å². The van der Waals surface area contributed by atoms with Gasteiger partial charge in [0, 0.05) is 31.7 Å². The lowest BCUT2D eigenvalue weighted by atomic mass is 10.1. The SMILES string of the molecule is CN=C(NCc1ccc(C)cc1OC)NCC(C1CC1)N(C)C.I. The largest absolute Gasteiger partial charge is 0.496 e. The van der Waals surface area contributed by atoms with Crippen LogP contribution in [0.25, 0.3) is 0 Å². The van der Waals surface area contributed by atoms with Crippen LogP contribution in [0.3, 0.4) is 0 Å². The minimum Gasteiger partial charge on any atom is -0.496 e. The fourth-order valence-electron chi connectivity index (χ4n) is 2.85. The molecule has 1 aromatic rings. The van der Waals surface area contributed by atoms with Gasteiger partial charge in [-0.3, -0.25) is 4.99 Å². The van der Waals surface area contributed by atoms with Crippen LogP contribution in [-0.4, -0.2) is 51.7 Å². The molecular formula is C18H31IN4O. The average molecular weight is 446 g/mol. The predicted octanol–water partition coefficient (Wildman–Crippen LogP) is 2.63. The summed E-state index contributed by atoms with van der Waals surface area (Å²) >= 11 is 0. The molecule has 1 aromatic carbocycles. The zero-order chi connectivity index (χ0) is 16.8. The van der Waals surface area contributed by atoms with Gasteiger partial charge in [0.15, 0.2) is 5.96 Å². The highest BCUT2D eigenvalue weighted by Crippen LogP contribution is 2.34. The zero-order valence-corrected chi connectivity index (χ0v) is 17.8. The Morgan fingerprint density at radius 3 is 2.58 bits per heavy atom. The molecule has 6 heteroatoms. The Hall–Kier alpha value is -1.02. The molecule has 0 bridgehead atoms. The van der Waals surface area contributed by atoms with E-state index in [4.69, 9.17) is 4.74 Å². The van der Waals surface area contributed by atoms with Crippen LogP contribution in [0.5, 0.6) is 5.75 Å². The van der Waals surface area contributed by atoms with Crippen molar-refractivity contribution in [3.63, 3.8) is 0 Å². The number of halogens is 1. The van der Waals surface area contributed by atoms with E-state index in [1.807, 2.05) is 7.05 Å². The highest BCUT2D eigenvalue weighted by molar-refractivity contribution is 14.0. The third-order valence-corrected chi connectivity index (χ3v) is 4.42. The molecule has 0 saturated heterocycles. The number of aliphatic imine (C=N–C) groups is 1. The van der Waals surface area contributed by atoms with Crippen LogP contribution in [0, 0.1) is 12.8 Å². The van der Waals surface area contributed by atoms with E-state index in [1.165, 1.54) is 18.4 Å². The number of likely N-dealkylation sites (N-methyl/N-ethyl adjacent to an activating group) is 1. The van der Waals surface area contributed by atoms with Crippen molar-refractivity contribution in [2.45, 2.75) is 32.4 Å². The van der Waals surface area contributed by atoms with E-state index >= 15 is 0 Å². The number of nitrogens with zero attached hydrogens (tertiary/aromatic N) is 2. The van der Waals surface area contributed by atoms with Crippen LogP contribution < -0.4 is 15.4 Å². The molecule has 5 nitrogen and oxygen atoms in total. The number of aryl methyl sites for hydroxylation is 1. The molecule has 1 aliphatic rings. The molecular weight excluding hydrogens is 415 g/mol. The molecule has 0 amide bonds. The Balaban J connectivity index is 0.00000288. The van der Waals surface area contributed by atoms with Gasteiger partial charge < -0.3 is 20.3 Å². The molecule has 2 rings (SSSR count). The van der Waals surface area contributed by atoms with Gasteiger partial charge in [-0.05, 0) is 51.4 Å². The first-order chi connectivity index (χ1) is 11.0. The number of hydrogen-bond acceptors (Lipinski definition) is 3. The van der Waals surface area contributed by atoms with Crippen LogP contribution in [0.1, 0.15) is 24.0 Å². The Morgan fingerprint density at radius 2 is 2.04 bits per heavy atom. The van der Waals surface area contributed by atoms with Crippen LogP contribution in [-0.2, 0) is 6.54 Å². The van der Waals surface area contributed by atoms with Crippen molar-refractivity contribution in [2.24, 2.45) is 10.9 Å².